The van der Waals surface area contributed by atoms with E-state index in [9.17, 15) is 0 Å². The molecule has 0 spiro atoms. The van der Waals surface area contributed by atoms with E-state index in [1.807, 2.05) is 0 Å². The molecule has 1 nitrogen and oxygen atoms in total. The number of rotatable bonds is 2. The fourth-order valence-corrected chi connectivity index (χ4v) is 0.479. The lowest BCUT2D eigenvalue weighted by Gasteiger charge is -1.98. The summed E-state index contributed by atoms with van der Waals surface area (Å²) in [5, 5.41) is 8.62. The minimum atomic E-state index is -2.01. The summed E-state index contributed by atoms with van der Waals surface area (Å²) in [5.74, 6) is -0.0737. The SMILES string of the molecule is [2H]C([2H])([2H])/C(C)=C\C(C)CO. The summed E-state index contributed by atoms with van der Waals surface area (Å²) >= 11 is 0. The zero-order valence-electron chi connectivity index (χ0n) is 8.31. The highest BCUT2D eigenvalue weighted by Gasteiger charge is 1.90. The van der Waals surface area contributed by atoms with Gasteiger partial charge in [-0.15, -0.1) is 0 Å². The van der Waals surface area contributed by atoms with Gasteiger partial charge in [-0.05, 0) is 19.7 Å². The molecule has 1 atom stereocenters. The van der Waals surface area contributed by atoms with Gasteiger partial charge in [0.05, 0.1) is 0 Å². The molecule has 0 rings (SSSR count). The second-order valence-corrected chi connectivity index (χ2v) is 2.01. The number of hydrogen-bond acceptors (Lipinski definition) is 1. The molecule has 1 heteroatoms. The molecule has 0 heterocycles. The molecule has 0 radical (unpaired) electrons. The lowest BCUT2D eigenvalue weighted by Crippen LogP contribution is -1.95. The molecule has 0 saturated carbocycles. The van der Waals surface area contributed by atoms with Gasteiger partial charge in [-0.25, -0.2) is 0 Å². The molecule has 0 aliphatic carbocycles. The normalized spacial score (nSPS) is 23.4. The van der Waals surface area contributed by atoms with Crippen molar-refractivity contribution < 1.29 is 9.22 Å². The van der Waals surface area contributed by atoms with Crippen molar-refractivity contribution in [2.75, 3.05) is 6.61 Å². The zero-order chi connectivity index (χ0) is 9.07. The van der Waals surface area contributed by atoms with E-state index in [0.717, 1.165) is 0 Å². The third-order valence-electron chi connectivity index (χ3n) is 0.823. The highest BCUT2D eigenvalue weighted by atomic mass is 16.3. The number of aliphatic hydroxyl groups is 1. The molecule has 0 aromatic rings. The molecule has 0 fully saturated rings. The van der Waals surface area contributed by atoms with Crippen molar-refractivity contribution in [1.82, 2.24) is 0 Å². The molecule has 0 aromatic carbocycles. The van der Waals surface area contributed by atoms with Gasteiger partial charge in [-0.1, -0.05) is 18.6 Å². The Morgan fingerprint density at radius 3 is 3.00 bits per heavy atom. The van der Waals surface area contributed by atoms with Gasteiger partial charge < -0.3 is 5.11 Å². The summed E-state index contributed by atoms with van der Waals surface area (Å²) < 4.78 is 21.0. The Labute approximate surface area is 55.2 Å². The van der Waals surface area contributed by atoms with Crippen LogP contribution in [0.4, 0.5) is 0 Å². The van der Waals surface area contributed by atoms with Crippen LogP contribution in [0.3, 0.4) is 0 Å². The van der Waals surface area contributed by atoms with Crippen molar-refractivity contribution in [3.8, 4) is 0 Å². The van der Waals surface area contributed by atoms with Gasteiger partial charge >= 0.3 is 0 Å². The van der Waals surface area contributed by atoms with E-state index in [1.165, 1.54) is 0 Å². The standard InChI is InChI=1S/C7H14O/c1-6(2)4-7(3)5-8/h4,7-8H,5H2,1-3H3/i1D3/b6-4+. The Morgan fingerprint density at radius 1 is 2.00 bits per heavy atom. The zero-order valence-corrected chi connectivity index (χ0v) is 5.31. The summed E-state index contributed by atoms with van der Waals surface area (Å²) in [6.45, 7) is 1.31. The summed E-state index contributed by atoms with van der Waals surface area (Å²) in [6.07, 6.45) is 1.58. The third-order valence-corrected chi connectivity index (χ3v) is 0.823. The van der Waals surface area contributed by atoms with Crippen molar-refractivity contribution in [2.45, 2.75) is 20.7 Å². The number of allylic oxidation sites excluding steroid dienone is 1. The first-order valence-electron chi connectivity index (χ1n) is 4.17. The van der Waals surface area contributed by atoms with Crippen LogP contribution in [0.2, 0.25) is 0 Å². The monoisotopic (exact) mass is 117 g/mol. The maximum absolute atomic E-state index is 8.62. The summed E-state index contributed by atoms with van der Waals surface area (Å²) in [6, 6.07) is 0. The minimum absolute atomic E-state index is 0.00653. The third kappa shape index (κ3) is 3.88. The lowest BCUT2D eigenvalue weighted by atomic mass is 10.1. The molecule has 0 bridgehead atoms. The Kier molecular flexibility index (Phi) is 1.69. The molecule has 8 heavy (non-hydrogen) atoms. The van der Waals surface area contributed by atoms with E-state index in [0.29, 0.717) is 5.57 Å². The predicted octanol–water partition coefficient (Wildman–Crippen LogP) is 1.58. The maximum Gasteiger partial charge on any atom is 0.0491 e. The first kappa shape index (κ1) is 3.67. The number of aliphatic hydroxyl groups excluding tert-OH is 1. The smallest absolute Gasteiger partial charge is 0.0491 e. The van der Waals surface area contributed by atoms with Gasteiger partial charge in [-0.3, -0.25) is 0 Å². The van der Waals surface area contributed by atoms with Crippen LogP contribution in [0.1, 0.15) is 24.8 Å². The van der Waals surface area contributed by atoms with Crippen molar-refractivity contribution in [3.63, 3.8) is 0 Å². The highest BCUT2D eigenvalue weighted by Crippen LogP contribution is 1.99. The number of hydrogen-bond donors (Lipinski definition) is 1. The van der Waals surface area contributed by atoms with Crippen molar-refractivity contribution in [3.05, 3.63) is 11.6 Å². The summed E-state index contributed by atoms with van der Waals surface area (Å²) in [4.78, 5) is 0. The van der Waals surface area contributed by atoms with E-state index >= 15 is 0 Å². The predicted molar refractivity (Wildman–Crippen MR) is 35.7 cm³/mol. The average Bonchev–Trinajstić information content (AvgIpc) is 1.85. The largest absolute Gasteiger partial charge is 0.396 e. The second kappa shape index (κ2) is 3.67. The fraction of sp³-hybridized carbons (Fsp3) is 0.714. The van der Waals surface area contributed by atoms with Crippen molar-refractivity contribution >= 4 is 0 Å². The Bertz CT molecular complexity index is 148. The molecule has 0 saturated heterocycles. The van der Waals surface area contributed by atoms with Gasteiger partial charge in [0, 0.05) is 10.7 Å². The summed E-state index contributed by atoms with van der Waals surface area (Å²) in [5.41, 5.74) is 0.346. The van der Waals surface area contributed by atoms with E-state index in [-0.39, 0.29) is 12.5 Å². The van der Waals surface area contributed by atoms with Gasteiger partial charge in [0.15, 0.2) is 0 Å². The lowest BCUT2D eigenvalue weighted by molar-refractivity contribution is 0.261. The van der Waals surface area contributed by atoms with Crippen LogP contribution in [0, 0.1) is 5.92 Å². The molecular formula is C7H14O. The van der Waals surface area contributed by atoms with Crippen LogP contribution in [-0.2, 0) is 0 Å². The highest BCUT2D eigenvalue weighted by molar-refractivity contribution is 4.95. The fourth-order valence-electron chi connectivity index (χ4n) is 0.479. The molecular weight excluding hydrogens is 100 g/mol. The molecule has 0 aliphatic heterocycles. The van der Waals surface area contributed by atoms with Crippen LogP contribution in [0.25, 0.3) is 0 Å². The van der Waals surface area contributed by atoms with Gasteiger partial charge in [-0.2, -0.15) is 0 Å². The van der Waals surface area contributed by atoms with Gasteiger partial charge in [0.25, 0.3) is 0 Å². The average molecular weight is 117 g/mol. The van der Waals surface area contributed by atoms with E-state index in [4.69, 9.17) is 9.22 Å². The van der Waals surface area contributed by atoms with Crippen molar-refractivity contribution in [2.24, 2.45) is 5.92 Å². The first-order chi connectivity index (χ1) is 4.88. The molecule has 0 aromatic heterocycles. The van der Waals surface area contributed by atoms with Crippen molar-refractivity contribution in [1.29, 1.82) is 0 Å². The molecule has 1 N–H and O–H groups in total. The van der Waals surface area contributed by atoms with Crippen LogP contribution in [-0.4, -0.2) is 11.7 Å². The Morgan fingerprint density at radius 2 is 2.62 bits per heavy atom. The van der Waals surface area contributed by atoms with Gasteiger partial charge in [0.2, 0.25) is 0 Å². The summed E-state index contributed by atoms with van der Waals surface area (Å²) in [7, 11) is 0. The van der Waals surface area contributed by atoms with Crippen LogP contribution < -0.4 is 0 Å². The Balaban J connectivity index is 4.22. The van der Waals surface area contributed by atoms with Crippen LogP contribution >= 0.6 is 0 Å². The molecule has 48 valence electrons. The van der Waals surface area contributed by atoms with E-state index < -0.39 is 6.85 Å². The van der Waals surface area contributed by atoms with Crippen LogP contribution in [0.5, 0.6) is 0 Å². The van der Waals surface area contributed by atoms with Crippen LogP contribution in [0.15, 0.2) is 11.6 Å². The van der Waals surface area contributed by atoms with E-state index in [2.05, 4.69) is 0 Å². The quantitative estimate of drug-likeness (QED) is 0.544. The van der Waals surface area contributed by atoms with E-state index in [1.54, 1.807) is 19.9 Å². The first-order valence-corrected chi connectivity index (χ1v) is 2.67. The molecule has 0 amide bonds. The molecule has 1 unspecified atom stereocenters. The van der Waals surface area contributed by atoms with Gasteiger partial charge in [0.1, 0.15) is 0 Å². The maximum atomic E-state index is 8.62. The topological polar surface area (TPSA) is 20.2 Å². The molecule has 0 aliphatic rings. The minimum Gasteiger partial charge on any atom is -0.396 e. The second-order valence-electron chi connectivity index (χ2n) is 2.01. The Hall–Kier alpha value is -0.300.